The van der Waals surface area contributed by atoms with Crippen LogP contribution >= 0.6 is 0 Å². The van der Waals surface area contributed by atoms with Gasteiger partial charge in [0.05, 0.1) is 12.7 Å². The third-order valence-electron chi connectivity index (χ3n) is 1.40. The summed E-state index contributed by atoms with van der Waals surface area (Å²) in [6, 6.07) is 2.24. The number of hydrogen-bond acceptors (Lipinski definition) is 4. The van der Waals surface area contributed by atoms with Gasteiger partial charge >= 0.3 is 0 Å². The van der Waals surface area contributed by atoms with Gasteiger partial charge in [-0.25, -0.2) is 0 Å². The Kier molecular flexibility index (Phi) is 7.80. The molecule has 0 aromatic carbocycles. The van der Waals surface area contributed by atoms with Crippen molar-refractivity contribution in [2.45, 2.75) is 19.9 Å². The summed E-state index contributed by atoms with van der Waals surface area (Å²) in [6.07, 6.45) is 0. The number of nitriles is 1. The number of hydrogen-bond donors (Lipinski definition) is 2. The van der Waals surface area contributed by atoms with Crippen molar-refractivity contribution < 1.29 is 9.53 Å². The van der Waals surface area contributed by atoms with Gasteiger partial charge in [0, 0.05) is 12.6 Å². The Balaban J connectivity index is 3.20. The number of carbonyl (C=O) groups excluding carboxylic acids is 1. The highest BCUT2D eigenvalue weighted by molar-refractivity contribution is 5.77. The third-order valence-corrected chi connectivity index (χ3v) is 1.40. The lowest BCUT2D eigenvalue weighted by Gasteiger charge is -2.07. The second-order valence-electron chi connectivity index (χ2n) is 3.10. The number of ether oxygens (including phenoxy) is 1. The van der Waals surface area contributed by atoms with Crippen LogP contribution in [0.3, 0.4) is 0 Å². The topological polar surface area (TPSA) is 74.2 Å². The molecule has 2 N–H and O–H groups in total. The van der Waals surface area contributed by atoms with Crippen LogP contribution in [0.25, 0.3) is 0 Å². The summed E-state index contributed by atoms with van der Waals surface area (Å²) in [7, 11) is 0. The molecule has 0 atom stereocenters. The van der Waals surface area contributed by atoms with Gasteiger partial charge < -0.3 is 15.4 Å². The Hall–Kier alpha value is -1.12. The van der Waals surface area contributed by atoms with Gasteiger partial charge in [0.25, 0.3) is 0 Å². The summed E-state index contributed by atoms with van der Waals surface area (Å²) in [5.74, 6) is -0.254. The number of rotatable bonds is 7. The molecule has 0 fully saturated rings. The minimum Gasteiger partial charge on any atom is -0.370 e. The standard InChI is InChI=1S/C9H17N3O2/c1-8(2)11-5-6-14-7-9(13)12-4-3-10/h8,11H,4-7H2,1-2H3,(H,12,13). The normalized spacial score (nSPS) is 9.86. The van der Waals surface area contributed by atoms with Crippen LogP contribution < -0.4 is 10.6 Å². The van der Waals surface area contributed by atoms with Crippen LogP contribution in [-0.2, 0) is 9.53 Å². The van der Waals surface area contributed by atoms with Crippen molar-refractivity contribution in [3.63, 3.8) is 0 Å². The first-order valence-corrected chi connectivity index (χ1v) is 4.61. The summed E-state index contributed by atoms with van der Waals surface area (Å²) >= 11 is 0. The minimum atomic E-state index is -0.254. The van der Waals surface area contributed by atoms with Crippen LogP contribution in [0.15, 0.2) is 0 Å². The predicted molar refractivity (Wildman–Crippen MR) is 52.6 cm³/mol. The first-order chi connectivity index (χ1) is 6.66. The van der Waals surface area contributed by atoms with Crippen molar-refractivity contribution in [3.05, 3.63) is 0 Å². The molecule has 0 aliphatic carbocycles. The Bertz CT molecular complexity index is 199. The molecular formula is C9H17N3O2. The zero-order valence-corrected chi connectivity index (χ0v) is 8.67. The molecule has 14 heavy (non-hydrogen) atoms. The molecule has 0 aliphatic rings. The molecular weight excluding hydrogens is 182 g/mol. The fourth-order valence-electron chi connectivity index (χ4n) is 0.774. The SMILES string of the molecule is CC(C)NCCOCC(=O)NCC#N. The number of amides is 1. The van der Waals surface area contributed by atoms with Gasteiger partial charge in [-0.3, -0.25) is 4.79 Å². The molecule has 0 saturated heterocycles. The molecule has 0 heterocycles. The molecule has 0 rings (SSSR count). The van der Waals surface area contributed by atoms with Crippen molar-refractivity contribution in [3.8, 4) is 6.07 Å². The Morgan fingerprint density at radius 1 is 1.57 bits per heavy atom. The molecule has 0 aromatic heterocycles. The summed E-state index contributed by atoms with van der Waals surface area (Å²) in [4.78, 5) is 10.9. The van der Waals surface area contributed by atoms with Gasteiger partial charge in [0.15, 0.2) is 0 Å². The minimum absolute atomic E-state index is 0.0153. The van der Waals surface area contributed by atoms with Crippen LogP contribution in [0.4, 0.5) is 0 Å². The van der Waals surface area contributed by atoms with E-state index in [1.54, 1.807) is 0 Å². The van der Waals surface area contributed by atoms with Gasteiger partial charge in [-0.05, 0) is 0 Å². The summed E-state index contributed by atoms with van der Waals surface area (Å²) in [5, 5.41) is 13.7. The van der Waals surface area contributed by atoms with E-state index in [2.05, 4.69) is 10.6 Å². The zero-order valence-electron chi connectivity index (χ0n) is 8.67. The van der Waals surface area contributed by atoms with Crippen LogP contribution in [0.2, 0.25) is 0 Å². The predicted octanol–water partition coefficient (Wildman–Crippen LogP) is -0.359. The van der Waals surface area contributed by atoms with E-state index >= 15 is 0 Å². The van der Waals surface area contributed by atoms with Crippen molar-refractivity contribution in [2.24, 2.45) is 0 Å². The molecule has 0 radical (unpaired) electrons. The van der Waals surface area contributed by atoms with Gasteiger partial charge in [0.1, 0.15) is 13.2 Å². The Labute approximate surface area is 84.4 Å². The highest BCUT2D eigenvalue weighted by Crippen LogP contribution is 1.77. The number of nitrogens with one attached hydrogen (secondary N) is 2. The molecule has 0 aliphatic heterocycles. The van der Waals surface area contributed by atoms with E-state index in [0.29, 0.717) is 12.6 Å². The van der Waals surface area contributed by atoms with E-state index in [9.17, 15) is 4.79 Å². The fourth-order valence-corrected chi connectivity index (χ4v) is 0.774. The van der Waals surface area contributed by atoms with E-state index in [1.807, 2.05) is 19.9 Å². The molecule has 0 saturated carbocycles. The van der Waals surface area contributed by atoms with E-state index in [1.165, 1.54) is 0 Å². The molecule has 5 nitrogen and oxygen atoms in total. The smallest absolute Gasteiger partial charge is 0.246 e. The fraction of sp³-hybridized carbons (Fsp3) is 0.778. The van der Waals surface area contributed by atoms with Crippen molar-refractivity contribution in [2.75, 3.05) is 26.3 Å². The van der Waals surface area contributed by atoms with Crippen molar-refractivity contribution in [1.29, 1.82) is 5.26 Å². The quantitative estimate of drug-likeness (QED) is 0.434. The molecule has 0 spiro atoms. The average Bonchev–Trinajstić information content (AvgIpc) is 2.13. The summed E-state index contributed by atoms with van der Waals surface area (Å²) in [6.45, 7) is 5.36. The lowest BCUT2D eigenvalue weighted by Crippen LogP contribution is -2.31. The maximum atomic E-state index is 10.9. The van der Waals surface area contributed by atoms with Crippen molar-refractivity contribution in [1.82, 2.24) is 10.6 Å². The third kappa shape index (κ3) is 8.97. The van der Waals surface area contributed by atoms with Crippen LogP contribution in [0.5, 0.6) is 0 Å². The first-order valence-electron chi connectivity index (χ1n) is 4.61. The maximum absolute atomic E-state index is 10.9. The van der Waals surface area contributed by atoms with E-state index < -0.39 is 0 Å². The summed E-state index contributed by atoms with van der Waals surface area (Å²) < 4.78 is 5.06. The Morgan fingerprint density at radius 2 is 2.29 bits per heavy atom. The lowest BCUT2D eigenvalue weighted by molar-refractivity contribution is -0.125. The van der Waals surface area contributed by atoms with Gasteiger partial charge in [-0.1, -0.05) is 13.8 Å². The maximum Gasteiger partial charge on any atom is 0.246 e. The highest BCUT2D eigenvalue weighted by atomic mass is 16.5. The lowest BCUT2D eigenvalue weighted by atomic mass is 10.4. The first kappa shape index (κ1) is 12.9. The Morgan fingerprint density at radius 3 is 2.86 bits per heavy atom. The second kappa shape index (κ2) is 8.48. The van der Waals surface area contributed by atoms with Crippen molar-refractivity contribution >= 4 is 5.91 Å². The molecule has 5 heteroatoms. The second-order valence-corrected chi connectivity index (χ2v) is 3.10. The average molecular weight is 199 g/mol. The van der Waals surface area contributed by atoms with E-state index in [0.717, 1.165) is 6.54 Å². The van der Waals surface area contributed by atoms with Crippen LogP contribution in [0.1, 0.15) is 13.8 Å². The largest absolute Gasteiger partial charge is 0.370 e. The van der Waals surface area contributed by atoms with Gasteiger partial charge in [-0.15, -0.1) is 0 Å². The van der Waals surface area contributed by atoms with Crippen LogP contribution in [-0.4, -0.2) is 38.3 Å². The highest BCUT2D eigenvalue weighted by Gasteiger charge is 1.99. The van der Waals surface area contributed by atoms with Gasteiger partial charge in [-0.2, -0.15) is 5.26 Å². The van der Waals surface area contributed by atoms with Gasteiger partial charge in [0.2, 0.25) is 5.91 Å². The molecule has 80 valence electrons. The molecule has 0 bridgehead atoms. The number of nitrogens with zero attached hydrogens (tertiary/aromatic N) is 1. The van der Waals surface area contributed by atoms with E-state index in [4.69, 9.17) is 10.00 Å². The zero-order chi connectivity index (χ0) is 10.8. The number of carbonyl (C=O) groups is 1. The van der Waals surface area contributed by atoms with Crippen LogP contribution in [0, 0.1) is 11.3 Å². The monoisotopic (exact) mass is 199 g/mol. The molecule has 1 amide bonds. The summed E-state index contributed by atoms with van der Waals surface area (Å²) in [5.41, 5.74) is 0. The molecule has 0 aromatic rings. The molecule has 0 unspecified atom stereocenters. The van der Waals surface area contributed by atoms with E-state index in [-0.39, 0.29) is 19.1 Å².